The van der Waals surface area contributed by atoms with Gasteiger partial charge in [0, 0.05) is 5.02 Å². The summed E-state index contributed by atoms with van der Waals surface area (Å²) in [6, 6.07) is 3.93. The van der Waals surface area contributed by atoms with E-state index in [2.05, 4.69) is 20.8 Å². The lowest BCUT2D eigenvalue weighted by atomic mass is 9.87. The first-order valence-electron chi connectivity index (χ1n) is 5.79. The van der Waals surface area contributed by atoms with Gasteiger partial charge in [0.2, 0.25) is 0 Å². The van der Waals surface area contributed by atoms with Crippen molar-refractivity contribution in [3.63, 3.8) is 0 Å². The number of halogens is 1. The number of aryl methyl sites for hydroxylation is 2. The Labute approximate surface area is 103 Å². The van der Waals surface area contributed by atoms with E-state index >= 15 is 0 Å². The van der Waals surface area contributed by atoms with Crippen molar-refractivity contribution in [1.82, 2.24) is 0 Å². The molecule has 1 aromatic rings. The Bertz CT molecular complexity index is 371. The topological polar surface area (TPSA) is 20.2 Å². The molecule has 0 aliphatic heterocycles. The lowest BCUT2D eigenvalue weighted by Crippen LogP contribution is -2.15. The number of rotatable bonds is 3. The van der Waals surface area contributed by atoms with Gasteiger partial charge in [-0.2, -0.15) is 0 Å². The average Bonchev–Trinajstić information content (AvgIpc) is 2.21. The molecule has 0 bridgehead atoms. The fourth-order valence-electron chi connectivity index (χ4n) is 1.68. The van der Waals surface area contributed by atoms with Crippen LogP contribution in [0.5, 0.6) is 0 Å². The van der Waals surface area contributed by atoms with E-state index in [0.29, 0.717) is 10.9 Å². The summed E-state index contributed by atoms with van der Waals surface area (Å²) in [4.78, 5) is 0. The molecule has 0 aromatic heterocycles. The van der Waals surface area contributed by atoms with Crippen LogP contribution >= 0.6 is 11.6 Å². The third-order valence-electron chi connectivity index (χ3n) is 3.48. The summed E-state index contributed by atoms with van der Waals surface area (Å²) < 4.78 is 0. The maximum Gasteiger partial charge on any atom is 0.0832 e. The smallest absolute Gasteiger partial charge is 0.0832 e. The van der Waals surface area contributed by atoms with Crippen molar-refractivity contribution in [2.75, 3.05) is 0 Å². The summed E-state index contributed by atoms with van der Waals surface area (Å²) in [5.41, 5.74) is 3.19. The predicted molar refractivity (Wildman–Crippen MR) is 69.9 cm³/mol. The normalized spacial score (nSPS) is 15.2. The maximum absolute atomic E-state index is 10.3. The monoisotopic (exact) mass is 240 g/mol. The lowest BCUT2D eigenvalue weighted by Gasteiger charge is -2.24. The molecule has 0 radical (unpaired) electrons. The summed E-state index contributed by atoms with van der Waals surface area (Å²) in [5, 5.41) is 10.9. The van der Waals surface area contributed by atoms with E-state index in [1.165, 1.54) is 5.56 Å². The lowest BCUT2D eigenvalue weighted by molar-refractivity contribution is 0.0921. The van der Waals surface area contributed by atoms with Gasteiger partial charge in [0.25, 0.3) is 0 Å². The number of benzene rings is 1. The van der Waals surface area contributed by atoms with Gasteiger partial charge >= 0.3 is 0 Å². The highest BCUT2D eigenvalue weighted by Crippen LogP contribution is 2.33. The maximum atomic E-state index is 10.3. The Balaban J connectivity index is 3.08. The van der Waals surface area contributed by atoms with E-state index in [9.17, 15) is 5.11 Å². The number of aliphatic hydroxyl groups excluding tert-OH is 1. The zero-order valence-corrected chi connectivity index (χ0v) is 11.5. The highest BCUT2D eigenvalue weighted by molar-refractivity contribution is 6.31. The van der Waals surface area contributed by atoms with Crippen molar-refractivity contribution in [3.05, 3.63) is 33.8 Å². The van der Waals surface area contributed by atoms with Crippen LogP contribution in [0.1, 0.15) is 43.6 Å². The molecule has 16 heavy (non-hydrogen) atoms. The number of hydrogen-bond acceptors (Lipinski definition) is 1. The standard InChI is InChI=1S/C14H21ClO/c1-8(2)11(5)14(16)12-6-9(3)10(4)7-13(12)15/h6-8,11,14,16H,1-5H3. The largest absolute Gasteiger partial charge is 0.388 e. The zero-order chi connectivity index (χ0) is 12.5. The van der Waals surface area contributed by atoms with Gasteiger partial charge in [0.15, 0.2) is 0 Å². The Morgan fingerprint density at radius 1 is 1.06 bits per heavy atom. The summed E-state index contributed by atoms with van der Waals surface area (Å²) in [6.45, 7) is 10.4. The molecule has 2 atom stereocenters. The molecule has 1 nitrogen and oxygen atoms in total. The second-order valence-electron chi connectivity index (χ2n) is 5.01. The summed E-state index contributed by atoms with van der Waals surface area (Å²) in [6.07, 6.45) is -0.480. The zero-order valence-electron chi connectivity index (χ0n) is 10.7. The molecule has 0 saturated carbocycles. The van der Waals surface area contributed by atoms with Gasteiger partial charge < -0.3 is 5.11 Å². The van der Waals surface area contributed by atoms with Gasteiger partial charge in [-0.05, 0) is 48.4 Å². The molecule has 2 heteroatoms. The summed E-state index contributed by atoms with van der Waals surface area (Å²) in [5.74, 6) is 0.646. The van der Waals surface area contributed by atoms with Crippen molar-refractivity contribution in [2.45, 2.75) is 40.7 Å². The van der Waals surface area contributed by atoms with Gasteiger partial charge in [0.1, 0.15) is 0 Å². The number of aliphatic hydroxyl groups is 1. The van der Waals surface area contributed by atoms with Gasteiger partial charge in [-0.15, -0.1) is 0 Å². The molecule has 0 fully saturated rings. The molecule has 0 amide bonds. The van der Waals surface area contributed by atoms with Crippen LogP contribution in [-0.4, -0.2) is 5.11 Å². The molecule has 0 saturated heterocycles. The van der Waals surface area contributed by atoms with Gasteiger partial charge in [0.05, 0.1) is 6.10 Å². The second kappa shape index (κ2) is 5.20. The van der Waals surface area contributed by atoms with Crippen LogP contribution in [0.4, 0.5) is 0 Å². The Morgan fingerprint density at radius 2 is 1.56 bits per heavy atom. The fraction of sp³-hybridized carbons (Fsp3) is 0.571. The Kier molecular flexibility index (Phi) is 4.40. The third-order valence-corrected chi connectivity index (χ3v) is 3.81. The summed E-state index contributed by atoms with van der Waals surface area (Å²) >= 11 is 6.19. The van der Waals surface area contributed by atoms with Crippen molar-refractivity contribution in [2.24, 2.45) is 11.8 Å². The second-order valence-corrected chi connectivity index (χ2v) is 5.41. The van der Waals surface area contributed by atoms with Crippen LogP contribution in [0.3, 0.4) is 0 Å². The van der Waals surface area contributed by atoms with E-state index in [1.807, 2.05) is 26.0 Å². The Morgan fingerprint density at radius 3 is 2.06 bits per heavy atom. The van der Waals surface area contributed by atoms with Gasteiger partial charge in [-0.25, -0.2) is 0 Å². The minimum atomic E-state index is -0.480. The molecular formula is C14H21ClO. The van der Waals surface area contributed by atoms with Gasteiger partial charge in [-0.1, -0.05) is 38.4 Å². The van der Waals surface area contributed by atoms with E-state index < -0.39 is 6.10 Å². The summed E-state index contributed by atoms with van der Waals surface area (Å²) in [7, 11) is 0. The Hall–Kier alpha value is -0.530. The van der Waals surface area contributed by atoms with Crippen molar-refractivity contribution < 1.29 is 5.11 Å². The highest BCUT2D eigenvalue weighted by atomic mass is 35.5. The van der Waals surface area contributed by atoms with Crippen molar-refractivity contribution >= 4 is 11.6 Å². The molecule has 2 unspecified atom stereocenters. The van der Waals surface area contributed by atoms with E-state index in [4.69, 9.17) is 11.6 Å². The highest BCUT2D eigenvalue weighted by Gasteiger charge is 2.22. The molecule has 0 heterocycles. The quantitative estimate of drug-likeness (QED) is 0.836. The molecular weight excluding hydrogens is 220 g/mol. The minimum Gasteiger partial charge on any atom is -0.388 e. The van der Waals surface area contributed by atoms with Gasteiger partial charge in [-0.3, -0.25) is 0 Å². The first kappa shape index (κ1) is 13.5. The predicted octanol–water partition coefficient (Wildman–Crippen LogP) is 4.28. The molecule has 0 spiro atoms. The molecule has 90 valence electrons. The van der Waals surface area contributed by atoms with Crippen LogP contribution in [0, 0.1) is 25.7 Å². The fourth-order valence-corrected chi connectivity index (χ4v) is 2.01. The average molecular weight is 241 g/mol. The molecule has 1 aromatic carbocycles. The molecule has 1 N–H and O–H groups in total. The van der Waals surface area contributed by atoms with E-state index in [-0.39, 0.29) is 5.92 Å². The van der Waals surface area contributed by atoms with E-state index in [0.717, 1.165) is 11.1 Å². The van der Waals surface area contributed by atoms with Crippen LogP contribution in [-0.2, 0) is 0 Å². The van der Waals surface area contributed by atoms with E-state index in [1.54, 1.807) is 0 Å². The van der Waals surface area contributed by atoms with Crippen LogP contribution in [0.15, 0.2) is 12.1 Å². The van der Waals surface area contributed by atoms with Crippen LogP contribution < -0.4 is 0 Å². The van der Waals surface area contributed by atoms with Crippen LogP contribution in [0.2, 0.25) is 5.02 Å². The first-order chi connectivity index (χ1) is 7.34. The third kappa shape index (κ3) is 2.78. The number of hydrogen-bond donors (Lipinski definition) is 1. The minimum absolute atomic E-state index is 0.208. The molecule has 1 rings (SSSR count). The SMILES string of the molecule is Cc1cc(Cl)c(C(O)C(C)C(C)C)cc1C. The first-order valence-corrected chi connectivity index (χ1v) is 6.17. The molecule has 0 aliphatic carbocycles. The van der Waals surface area contributed by atoms with Crippen molar-refractivity contribution in [3.8, 4) is 0 Å². The van der Waals surface area contributed by atoms with Crippen LogP contribution in [0.25, 0.3) is 0 Å². The molecule has 0 aliphatic rings. The van der Waals surface area contributed by atoms with Crippen molar-refractivity contribution in [1.29, 1.82) is 0 Å².